The highest BCUT2D eigenvalue weighted by atomic mass is 16.4. The molecule has 0 aliphatic rings. The number of nitrogens with zero attached hydrogens (tertiary/aromatic N) is 3. The van der Waals surface area contributed by atoms with Gasteiger partial charge >= 0.3 is 12.0 Å². The molecule has 0 saturated carbocycles. The molecule has 2 amide bonds. The van der Waals surface area contributed by atoms with Gasteiger partial charge in [-0.3, -0.25) is 4.79 Å². The Labute approximate surface area is 76.0 Å². The Morgan fingerprint density at radius 1 is 1.38 bits per heavy atom. The standard InChI is InChI=1S/C7H11N3O3/c1-9(4-3-8)7(13)10(2)5-6(11)12/h4-5H2,1-2H3,(H,11,12). The first-order valence-electron chi connectivity index (χ1n) is 3.54. The summed E-state index contributed by atoms with van der Waals surface area (Å²) in [5.41, 5.74) is 0. The quantitative estimate of drug-likeness (QED) is 0.605. The van der Waals surface area contributed by atoms with E-state index in [2.05, 4.69) is 0 Å². The molecule has 0 aliphatic heterocycles. The molecule has 6 heteroatoms. The fourth-order valence-corrected chi connectivity index (χ4v) is 0.736. The van der Waals surface area contributed by atoms with Crippen LogP contribution in [-0.4, -0.2) is 54.1 Å². The second-order valence-electron chi connectivity index (χ2n) is 2.55. The van der Waals surface area contributed by atoms with Crippen molar-refractivity contribution in [2.45, 2.75) is 0 Å². The van der Waals surface area contributed by atoms with Gasteiger partial charge in [-0.15, -0.1) is 0 Å². The average molecular weight is 185 g/mol. The predicted molar refractivity (Wildman–Crippen MR) is 43.9 cm³/mol. The minimum absolute atomic E-state index is 0.0528. The molecule has 6 nitrogen and oxygen atoms in total. The zero-order valence-electron chi connectivity index (χ0n) is 7.52. The summed E-state index contributed by atoms with van der Waals surface area (Å²) in [6.07, 6.45) is 0. The highest BCUT2D eigenvalue weighted by molar-refractivity contribution is 5.79. The smallest absolute Gasteiger partial charge is 0.323 e. The second-order valence-corrected chi connectivity index (χ2v) is 2.55. The third-order valence-electron chi connectivity index (χ3n) is 1.33. The van der Waals surface area contributed by atoms with Gasteiger partial charge in [0.25, 0.3) is 0 Å². The molecule has 0 aromatic rings. The van der Waals surface area contributed by atoms with Gasteiger partial charge in [-0.25, -0.2) is 4.79 Å². The van der Waals surface area contributed by atoms with E-state index in [9.17, 15) is 9.59 Å². The molecule has 1 N–H and O–H groups in total. The summed E-state index contributed by atoms with van der Waals surface area (Å²) in [4.78, 5) is 23.6. The fourth-order valence-electron chi connectivity index (χ4n) is 0.736. The van der Waals surface area contributed by atoms with Gasteiger partial charge in [-0.2, -0.15) is 5.26 Å². The number of aliphatic carboxylic acids is 1. The Morgan fingerprint density at radius 2 is 1.92 bits per heavy atom. The van der Waals surface area contributed by atoms with Crippen molar-refractivity contribution in [3.8, 4) is 6.07 Å². The fraction of sp³-hybridized carbons (Fsp3) is 0.571. The Hall–Kier alpha value is -1.77. The van der Waals surface area contributed by atoms with Crippen LogP contribution >= 0.6 is 0 Å². The molecule has 0 aromatic carbocycles. The third kappa shape index (κ3) is 3.96. The van der Waals surface area contributed by atoms with Gasteiger partial charge in [0.1, 0.15) is 13.1 Å². The predicted octanol–water partition coefficient (Wildman–Crippen LogP) is -0.422. The lowest BCUT2D eigenvalue weighted by molar-refractivity contribution is -0.137. The number of hydrogen-bond donors (Lipinski definition) is 1. The maximum atomic E-state index is 11.2. The zero-order chi connectivity index (χ0) is 10.4. The van der Waals surface area contributed by atoms with Crippen molar-refractivity contribution in [3.63, 3.8) is 0 Å². The van der Waals surface area contributed by atoms with Crippen LogP contribution in [0.4, 0.5) is 4.79 Å². The minimum atomic E-state index is -1.08. The lowest BCUT2D eigenvalue weighted by Gasteiger charge is -2.21. The minimum Gasteiger partial charge on any atom is -0.480 e. The van der Waals surface area contributed by atoms with E-state index in [1.165, 1.54) is 14.1 Å². The second kappa shape index (κ2) is 4.98. The van der Waals surface area contributed by atoms with Crippen LogP contribution in [0.15, 0.2) is 0 Å². The number of likely N-dealkylation sites (N-methyl/N-ethyl adjacent to an activating group) is 1. The van der Waals surface area contributed by atoms with Crippen molar-refractivity contribution in [1.82, 2.24) is 9.80 Å². The van der Waals surface area contributed by atoms with Gasteiger partial charge < -0.3 is 14.9 Å². The number of rotatable bonds is 3. The Bertz CT molecular complexity index is 246. The molecule has 0 heterocycles. The maximum absolute atomic E-state index is 11.2. The molecule has 0 aromatic heterocycles. The van der Waals surface area contributed by atoms with E-state index >= 15 is 0 Å². The molecular formula is C7H11N3O3. The zero-order valence-corrected chi connectivity index (χ0v) is 7.52. The first kappa shape index (κ1) is 11.2. The number of nitriles is 1. The van der Waals surface area contributed by atoms with Crippen molar-refractivity contribution >= 4 is 12.0 Å². The van der Waals surface area contributed by atoms with Gasteiger partial charge in [0, 0.05) is 14.1 Å². The Balaban J connectivity index is 4.10. The molecule has 0 spiro atoms. The summed E-state index contributed by atoms with van der Waals surface area (Å²) in [6, 6.07) is 1.31. The van der Waals surface area contributed by atoms with E-state index in [-0.39, 0.29) is 13.1 Å². The van der Waals surface area contributed by atoms with E-state index in [4.69, 9.17) is 10.4 Å². The summed E-state index contributed by atoms with van der Waals surface area (Å²) in [7, 11) is 2.80. The molecule has 0 rings (SSSR count). The van der Waals surface area contributed by atoms with Crippen LogP contribution < -0.4 is 0 Å². The number of hydrogen-bond acceptors (Lipinski definition) is 3. The molecule has 72 valence electrons. The highest BCUT2D eigenvalue weighted by Gasteiger charge is 2.15. The van der Waals surface area contributed by atoms with Crippen LogP contribution in [0.2, 0.25) is 0 Å². The number of carbonyl (C=O) groups excluding carboxylic acids is 1. The highest BCUT2D eigenvalue weighted by Crippen LogP contribution is 1.92. The summed E-state index contributed by atoms with van der Waals surface area (Å²) in [5, 5.41) is 16.6. The molecule has 0 unspecified atom stereocenters. The van der Waals surface area contributed by atoms with Crippen LogP contribution in [0.5, 0.6) is 0 Å². The van der Waals surface area contributed by atoms with Crippen molar-refractivity contribution in [1.29, 1.82) is 5.26 Å². The molecule has 0 atom stereocenters. The third-order valence-corrected chi connectivity index (χ3v) is 1.33. The Morgan fingerprint density at radius 3 is 2.31 bits per heavy atom. The summed E-state index contributed by atoms with van der Waals surface area (Å²) in [5.74, 6) is -1.08. The topological polar surface area (TPSA) is 84.6 Å². The van der Waals surface area contributed by atoms with Crippen LogP contribution in [0.3, 0.4) is 0 Å². The summed E-state index contributed by atoms with van der Waals surface area (Å²) < 4.78 is 0. The first-order valence-corrected chi connectivity index (χ1v) is 3.54. The van der Waals surface area contributed by atoms with Crippen LogP contribution in [-0.2, 0) is 4.79 Å². The van der Waals surface area contributed by atoms with Crippen molar-refractivity contribution in [2.75, 3.05) is 27.2 Å². The average Bonchev–Trinajstić information content (AvgIpc) is 2.02. The molecule has 0 radical (unpaired) electrons. The van der Waals surface area contributed by atoms with Crippen LogP contribution in [0.1, 0.15) is 0 Å². The van der Waals surface area contributed by atoms with Crippen molar-refractivity contribution < 1.29 is 14.7 Å². The maximum Gasteiger partial charge on any atom is 0.323 e. The molecular weight excluding hydrogens is 174 g/mol. The Kier molecular flexibility index (Phi) is 4.30. The number of amides is 2. The van der Waals surface area contributed by atoms with Gasteiger partial charge in [0.2, 0.25) is 0 Å². The van der Waals surface area contributed by atoms with Crippen LogP contribution in [0.25, 0.3) is 0 Å². The molecule has 13 heavy (non-hydrogen) atoms. The largest absolute Gasteiger partial charge is 0.480 e. The number of carbonyl (C=O) groups is 2. The SMILES string of the molecule is CN(CC#N)C(=O)N(C)CC(=O)O. The lowest BCUT2D eigenvalue weighted by atomic mass is 10.5. The van der Waals surface area contributed by atoms with Gasteiger partial charge in [-0.1, -0.05) is 0 Å². The van der Waals surface area contributed by atoms with Crippen LogP contribution in [0, 0.1) is 11.3 Å². The van der Waals surface area contributed by atoms with E-state index in [0.717, 1.165) is 9.80 Å². The van der Waals surface area contributed by atoms with Gasteiger partial charge in [0.15, 0.2) is 0 Å². The molecule has 0 bridgehead atoms. The molecule has 0 aliphatic carbocycles. The molecule has 0 saturated heterocycles. The van der Waals surface area contributed by atoms with E-state index in [1.807, 2.05) is 0 Å². The number of carboxylic acid groups (broad SMARTS) is 1. The number of carboxylic acids is 1. The lowest BCUT2D eigenvalue weighted by Crippen LogP contribution is -2.41. The first-order chi connectivity index (χ1) is 5.99. The van der Waals surface area contributed by atoms with E-state index in [0.29, 0.717) is 0 Å². The van der Waals surface area contributed by atoms with Gasteiger partial charge in [-0.05, 0) is 0 Å². The van der Waals surface area contributed by atoms with Gasteiger partial charge in [0.05, 0.1) is 6.07 Å². The monoisotopic (exact) mass is 185 g/mol. The van der Waals surface area contributed by atoms with Crippen molar-refractivity contribution in [2.24, 2.45) is 0 Å². The molecule has 0 fully saturated rings. The van der Waals surface area contributed by atoms with Crippen molar-refractivity contribution in [3.05, 3.63) is 0 Å². The summed E-state index contributed by atoms with van der Waals surface area (Å²) >= 11 is 0. The number of urea groups is 1. The van der Waals surface area contributed by atoms with E-state index in [1.54, 1.807) is 6.07 Å². The summed E-state index contributed by atoms with van der Waals surface area (Å²) in [6.45, 7) is -0.419. The van der Waals surface area contributed by atoms with E-state index < -0.39 is 12.0 Å². The normalized spacial score (nSPS) is 8.69.